The molecule has 0 amide bonds. The summed E-state index contributed by atoms with van der Waals surface area (Å²) in [6.45, 7) is 11.1. The lowest BCUT2D eigenvalue weighted by Gasteiger charge is -2.29. The molecule has 0 fully saturated rings. The molecule has 9 aromatic rings. The first-order valence-corrected chi connectivity index (χ1v) is 18.4. The number of rotatable bonds is 7. The summed E-state index contributed by atoms with van der Waals surface area (Å²) >= 11 is 0. The predicted octanol–water partition coefficient (Wildman–Crippen LogP) is 12.8. The Kier molecular flexibility index (Phi) is 7.93. The average Bonchev–Trinajstić information content (AvgIpc) is 3.73. The van der Waals surface area contributed by atoms with Crippen molar-refractivity contribution in [3.05, 3.63) is 175 Å². The monoisotopic (exact) mass is 688 g/mol. The molecule has 53 heavy (non-hydrogen) atoms. The Morgan fingerprint density at radius 1 is 0.566 bits per heavy atom. The summed E-state index contributed by atoms with van der Waals surface area (Å²) in [5, 5.41) is 2.40. The Hall–Kier alpha value is -6.46. The molecule has 3 heterocycles. The molecule has 0 saturated heterocycles. The molecule has 0 radical (unpaired) electrons. The summed E-state index contributed by atoms with van der Waals surface area (Å²) in [6.07, 6.45) is 4.17. The minimum absolute atomic E-state index is 0.334. The molecule has 0 aliphatic heterocycles. The van der Waals surface area contributed by atoms with Gasteiger partial charge in [-0.1, -0.05) is 66.7 Å². The van der Waals surface area contributed by atoms with Crippen molar-refractivity contribution in [1.29, 1.82) is 0 Å². The van der Waals surface area contributed by atoms with E-state index < -0.39 is 0 Å². The van der Waals surface area contributed by atoms with Crippen LogP contribution in [0.15, 0.2) is 158 Å². The Labute approximate surface area is 310 Å². The van der Waals surface area contributed by atoms with E-state index >= 15 is 0 Å². The molecule has 0 N–H and O–H groups in total. The van der Waals surface area contributed by atoms with Gasteiger partial charge in [0.2, 0.25) is 0 Å². The van der Waals surface area contributed by atoms with Gasteiger partial charge in [-0.15, -0.1) is 0 Å². The summed E-state index contributed by atoms with van der Waals surface area (Å²) in [5.74, 6) is 0.896. The minimum Gasteiger partial charge on any atom is -0.309 e. The highest BCUT2D eigenvalue weighted by molar-refractivity contribution is 6.10. The van der Waals surface area contributed by atoms with Crippen molar-refractivity contribution in [1.82, 2.24) is 18.7 Å². The number of aromatic nitrogens is 4. The maximum absolute atomic E-state index is 4.99. The van der Waals surface area contributed by atoms with Crippen LogP contribution in [0.3, 0.4) is 0 Å². The maximum Gasteiger partial charge on any atom is 0.191 e. The number of hydrogen-bond acceptors (Lipinski definition) is 2. The predicted molar refractivity (Wildman–Crippen MR) is 223 cm³/mol. The van der Waals surface area contributed by atoms with Crippen molar-refractivity contribution in [3.63, 3.8) is 0 Å². The molecule has 0 spiro atoms. The van der Waals surface area contributed by atoms with Gasteiger partial charge in [-0.2, -0.15) is 4.57 Å². The van der Waals surface area contributed by atoms with Gasteiger partial charge in [0, 0.05) is 46.9 Å². The molecule has 258 valence electrons. The number of hydrogen-bond donors (Lipinski definition) is 0. The molecule has 0 saturated carbocycles. The molecule has 3 aromatic heterocycles. The molecule has 5 nitrogen and oxygen atoms in total. The number of aryl methyl sites for hydroxylation is 3. The first-order valence-electron chi connectivity index (χ1n) is 18.4. The van der Waals surface area contributed by atoms with E-state index in [0.717, 1.165) is 39.5 Å². The number of fused-ring (bicyclic) bond motifs is 4. The molecule has 0 aliphatic rings. The molecule has 0 unspecified atom stereocenters. The van der Waals surface area contributed by atoms with Crippen LogP contribution in [0.25, 0.3) is 55.5 Å². The van der Waals surface area contributed by atoms with Crippen LogP contribution in [0.1, 0.15) is 36.6 Å². The maximum atomic E-state index is 4.99. The molecule has 9 rings (SSSR count). The van der Waals surface area contributed by atoms with Gasteiger partial charge < -0.3 is 4.90 Å². The average molecular weight is 689 g/mol. The van der Waals surface area contributed by atoms with Crippen LogP contribution in [-0.4, -0.2) is 18.7 Å². The van der Waals surface area contributed by atoms with Crippen LogP contribution in [0.5, 0.6) is 0 Å². The van der Waals surface area contributed by atoms with Crippen LogP contribution in [0.2, 0.25) is 0 Å². The Morgan fingerprint density at radius 3 is 2.02 bits per heavy atom. The van der Waals surface area contributed by atoms with Crippen molar-refractivity contribution in [2.24, 2.45) is 0 Å². The third kappa shape index (κ3) is 5.48. The summed E-state index contributed by atoms with van der Waals surface area (Å²) in [6, 6.07) is 52.9. The Bertz CT molecular complexity index is 2800. The van der Waals surface area contributed by atoms with Crippen molar-refractivity contribution in [2.45, 2.75) is 40.7 Å². The van der Waals surface area contributed by atoms with Crippen LogP contribution in [0.4, 0.5) is 17.1 Å². The minimum atomic E-state index is 0.334. The van der Waals surface area contributed by atoms with Crippen molar-refractivity contribution >= 4 is 49.9 Å². The van der Waals surface area contributed by atoms with Gasteiger partial charge in [-0.25, -0.2) is 9.55 Å². The summed E-state index contributed by atoms with van der Waals surface area (Å²) in [7, 11) is 0. The lowest BCUT2D eigenvalue weighted by Crippen LogP contribution is -2.13. The zero-order chi connectivity index (χ0) is 36.2. The highest BCUT2D eigenvalue weighted by Gasteiger charge is 2.23. The van der Waals surface area contributed by atoms with Gasteiger partial charge in [0.1, 0.15) is 11.5 Å². The van der Waals surface area contributed by atoms with E-state index in [2.05, 4.69) is 205 Å². The number of anilines is 3. The van der Waals surface area contributed by atoms with E-state index in [0.29, 0.717) is 6.04 Å². The van der Waals surface area contributed by atoms with Crippen molar-refractivity contribution in [2.75, 3.05) is 4.90 Å². The summed E-state index contributed by atoms with van der Waals surface area (Å²) in [4.78, 5) is 7.41. The van der Waals surface area contributed by atoms with Gasteiger partial charge in [0.25, 0.3) is 0 Å². The number of benzene rings is 6. The Balaban J connectivity index is 1.27. The first-order chi connectivity index (χ1) is 25.9. The molecule has 0 aliphatic carbocycles. The van der Waals surface area contributed by atoms with E-state index in [1.165, 1.54) is 49.7 Å². The summed E-state index contributed by atoms with van der Waals surface area (Å²) < 4.78 is 6.99. The molecular weight excluding hydrogens is 647 g/mol. The largest absolute Gasteiger partial charge is 0.309 e. The van der Waals surface area contributed by atoms with Gasteiger partial charge in [-0.3, -0.25) is 4.57 Å². The van der Waals surface area contributed by atoms with Crippen LogP contribution >= 0.6 is 0 Å². The van der Waals surface area contributed by atoms with Gasteiger partial charge in [-0.05, 0) is 117 Å². The number of nitrogens with zero attached hydrogens (tertiary/aromatic N) is 5. The highest BCUT2D eigenvalue weighted by Crippen LogP contribution is 2.42. The normalized spacial score (nSPS) is 11.7. The van der Waals surface area contributed by atoms with E-state index in [9.17, 15) is 0 Å². The van der Waals surface area contributed by atoms with E-state index in [4.69, 9.17) is 4.98 Å². The smallest absolute Gasteiger partial charge is 0.191 e. The van der Waals surface area contributed by atoms with Gasteiger partial charge in [0.15, 0.2) is 17.4 Å². The van der Waals surface area contributed by atoms with Gasteiger partial charge >= 0.3 is 0 Å². The number of imidazole rings is 1. The fourth-order valence-electron chi connectivity index (χ4n) is 8.05. The number of para-hydroxylation sites is 4. The fraction of sp³-hybridized carbons (Fsp3) is 0.125. The van der Waals surface area contributed by atoms with Crippen LogP contribution < -0.4 is 4.90 Å². The quantitative estimate of drug-likeness (QED) is 0.156. The second kappa shape index (κ2) is 12.9. The summed E-state index contributed by atoms with van der Waals surface area (Å²) in [5.41, 5.74) is 15.2. The topological polar surface area (TPSA) is 30.9 Å². The van der Waals surface area contributed by atoms with Crippen molar-refractivity contribution < 1.29 is 0 Å². The number of pyridine rings is 1. The standard InChI is InChI=1S/C48H42N5/c1-32(2)50-31-51(45-23-11-10-22-44(45)50)37-17-13-18-38(29-37)52(48-34(4)15-12-16-35(48)5)39-24-25-42-41-20-8-9-21-43(41)53(46(42)30-39)47-28-36(26-27-49-47)40-19-7-6-14-33(40)3/h6-32H,1-5H3/q+1. The molecule has 0 atom stereocenters. The SMILES string of the molecule is Cc1ccccc1-c1ccnc(-n2c3ccccc3c3ccc(N(c4cccc(-n5[cH+]n(C(C)C)c6ccccc65)c4)c4c(C)cccc4C)cc32)c1. The van der Waals surface area contributed by atoms with Gasteiger partial charge in [0.05, 0.1) is 28.5 Å². The molecule has 6 aromatic carbocycles. The van der Waals surface area contributed by atoms with E-state index in [1.807, 2.05) is 6.20 Å². The lowest BCUT2D eigenvalue weighted by molar-refractivity contribution is 0.612. The van der Waals surface area contributed by atoms with Crippen molar-refractivity contribution in [3.8, 4) is 22.6 Å². The zero-order valence-electron chi connectivity index (χ0n) is 30.8. The van der Waals surface area contributed by atoms with E-state index in [1.54, 1.807) is 0 Å². The highest BCUT2D eigenvalue weighted by atomic mass is 15.2. The molecule has 0 bridgehead atoms. The Morgan fingerprint density at radius 2 is 1.23 bits per heavy atom. The first kappa shape index (κ1) is 32.4. The third-order valence-corrected chi connectivity index (χ3v) is 10.6. The fourth-order valence-corrected chi connectivity index (χ4v) is 8.05. The second-order valence-corrected chi connectivity index (χ2v) is 14.3. The molecule has 5 heteroatoms. The third-order valence-electron chi connectivity index (χ3n) is 10.6. The van der Waals surface area contributed by atoms with Crippen LogP contribution in [0, 0.1) is 20.8 Å². The van der Waals surface area contributed by atoms with E-state index in [-0.39, 0.29) is 0 Å². The van der Waals surface area contributed by atoms with Crippen LogP contribution in [-0.2, 0) is 0 Å². The second-order valence-electron chi connectivity index (χ2n) is 14.3. The lowest BCUT2D eigenvalue weighted by atomic mass is 10.0. The molecular formula is C48H42N5+. The zero-order valence-corrected chi connectivity index (χ0v) is 30.8.